The average Bonchev–Trinajstić information content (AvgIpc) is 2.94. The molecule has 3 heterocycles. The maximum atomic E-state index is 13.8. The van der Waals surface area contributed by atoms with Crippen molar-refractivity contribution in [3.63, 3.8) is 0 Å². The van der Waals surface area contributed by atoms with Crippen molar-refractivity contribution in [2.45, 2.75) is 25.3 Å². The van der Waals surface area contributed by atoms with Crippen molar-refractivity contribution in [2.24, 2.45) is 10.9 Å². The van der Waals surface area contributed by atoms with Crippen LogP contribution in [0.1, 0.15) is 24.0 Å². The zero-order valence-corrected chi connectivity index (χ0v) is 20.3. The Balaban J connectivity index is 1.47. The normalized spacial score (nSPS) is 20.4. The largest absolute Gasteiger partial charge is 0.381 e. The molecular formula is C30H26FN5O. The van der Waals surface area contributed by atoms with Gasteiger partial charge >= 0.3 is 0 Å². The Labute approximate surface area is 215 Å². The van der Waals surface area contributed by atoms with Crippen LogP contribution in [0, 0.1) is 23.1 Å². The first-order chi connectivity index (χ1) is 18.2. The van der Waals surface area contributed by atoms with Crippen molar-refractivity contribution >= 4 is 22.9 Å². The van der Waals surface area contributed by atoms with Crippen LogP contribution in [0.5, 0.6) is 0 Å². The van der Waals surface area contributed by atoms with E-state index >= 15 is 0 Å². The highest BCUT2D eigenvalue weighted by Crippen LogP contribution is 2.44. The Bertz CT molecular complexity index is 1450. The molecule has 0 spiro atoms. The van der Waals surface area contributed by atoms with Crippen molar-refractivity contribution < 1.29 is 9.13 Å². The molecule has 3 aromatic rings. The summed E-state index contributed by atoms with van der Waals surface area (Å²) in [6.07, 6.45) is 8.55. The Morgan fingerprint density at radius 2 is 1.86 bits per heavy atom. The zero-order chi connectivity index (χ0) is 25.2. The van der Waals surface area contributed by atoms with Crippen LogP contribution in [0.2, 0.25) is 0 Å². The quantitative estimate of drug-likeness (QED) is 0.491. The van der Waals surface area contributed by atoms with Crippen LogP contribution in [-0.4, -0.2) is 30.0 Å². The fraction of sp³-hybridized carbons (Fsp3) is 0.233. The van der Waals surface area contributed by atoms with Crippen LogP contribution in [0.4, 0.5) is 21.6 Å². The molecule has 2 aliphatic heterocycles. The van der Waals surface area contributed by atoms with Crippen LogP contribution in [0.15, 0.2) is 95.4 Å². The van der Waals surface area contributed by atoms with Crippen LogP contribution in [0.3, 0.4) is 0 Å². The second-order valence-corrected chi connectivity index (χ2v) is 9.39. The third kappa shape index (κ3) is 4.64. The summed E-state index contributed by atoms with van der Waals surface area (Å²) in [6, 6.07) is 20.8. The van der Waals surface area contributed by atoms with E-state index < -0.39 is 0 Å². The number of para-hydroxylation sites is 1. The molecule has 3 aliphatic rings. The second-order valence-electron chi connectivity index (χ2n) is 9.39. The molecule has 7 heteroatoms. The summed E-state index contributed by atoms with van der Waals surface area (Å²) in [5.74, 6) is 0.310. The third-order valence-electron chi connectivity index (χ3n) is 7.02. The molecule has 1 aliphatic carbocycles. The van der Waals surface area contributed by atoms with E-state index in [9.17, 15) is 9.65 Å². The average molecular weight is 492 g/mol. The molecule has 184 valence electrons. The van der Waals surface area contributed by atoms with Crippen molar-refractivity contribution in [3.05, 3.63) is 107 Å². The molecule has 1 atom stereocenters. The Morgan fingerprint density at radius 3 is 2.68 bits per heavy atom. The lowest BCUT2D eigenvalue weighted by Gasteiger charge is -2.40. The molecule has 6 nitrogen and oxygen atoms in total. The van der Waals surface area contributed by atoms with Crippen molar-refractivity contribution in [1.82, 2.24) is 4.98 Å². The number of ether oxygens (including phenoxy) is 1. The highest BCUT2D eigenvalue weighted by atomic mass is 19.1. The monoisotopic (exact) mass is 491 g/mol. The number of nitriles is 1. The zero-order valence-electron chi connectivity index (χ0n) is 20.3. The van der Waals surface area contributed by atoms with Crippen LogP contribution in [0.25, 0.3) is 0 Å². The summed E-state index contributed by atoms with van der Waals surface area (Å²) >= 11 is 0. The van der Waals surface area contributed by atoms with Gasteiger partial charge in [-0.1, -0.05) is 18.2 Å². The van der Waals surface area contributed by atoms with Gasteiger partial charge in [0.2, 0.25) is 0 Å². The van der Waals surface area contributed by atoms with E-state index in [2.05, 4.69) is 45.6 Å². The molecule has 6 rings (SSSR count). The van der Waals surface area contributed by atoms with E-state index in [0.29, 0.717) is 24.6 Å². The summed E-state index contributed by atoms with van der Waals surface area (Å²) in [5.41, 5.74) is 6.42. The fourth-order valence-corrected chi connectivity index (χ4v) is 5.19. The topological polar surface area (TPSA) is 73.5 Å². The number of hydrogen-bond acceptors (Lipinski definition) is 6. The van der Waals surface area contributed by atoms with Gasteiger partial charge in [0, 0.05) is 42.4 Å². The lowest BCUT2D eigenvalue weighted by molar-refractivity contribution is 0.0871. The van der Waals surface area contributed by atoms with E-state index in [1.54, 1.807) is 18.3 Å². The first-order valence-electron chi connectivity index (χ1n) is 12.5. The van der Waals surface area contributed by atoms with Crippen LogP contribution < -0.4 is 10.2 Å². The number of rotatable bonds is 4. The number of pyridine rings is 1. The highest BCUT2D eigenvalue weighted by Gasteiger charge is 2.33. The summed E-state index contributed by atoms with van der Waals surface area (Å²) in [7, 11) is 0. The van der Waals surface area contributed by atoms with Crippen molar-refractivity contribution in [3.8, 4) is 6.07 Å². The van der Waals surface area contributed by atoms with E-state index in [-0.39, 0.29) is 17.8 Å². The molecule has 0 saturated carbocycles. The Hall–Kier alpha value is -4.28. The number of aliphatic imine (C=N–C) groups is 1. The van der Waals surface area contributed by atoms with Gasteiger partial charge in [-0.15, -0.1) is 0 Å². The number of allylic oxidation sites excluding steroid dienone is 2. The maximum Gasteiger partial charge on any atom is 0.148 e. The molecule has 0 radical (unpaired) electrons. The van der Waals surface area contributed by atoms with E-state index in [0.717, 1.165) is 47.7 Å². The summed E-state index contributed by atoms with van der Waals surface area (Å²) < 4.78 is 19.4. The number of benzene rings is 2. The lowest BCUT2D eigenvalue weighted by Crippen LogP contribution is -2.34. The fourth-order valence-electron chi connectivity index (χ4n) is 5.19. The number of hydrogen-bond donors (Lipinski definition) is 1. The van der Waals surface area contributed by atoms with E-state index in [1.165, 1.54) is 17.7 Å². The molecule has 1 unspecified atom stereocenters. The maximum absolute atomic E-state index is 13.8. The van der Waals surface area contributed by atoms with E-state index in [4.69, 9.17) is 9.73 Å². The van der Waals surface area contributed by atoms with Crippen LogP contribution >= 0.6 is 0 Å². The Kier molecular flexibility index (Phi) is 6.25. The summed E-state index contributed by atoms with van der Waals surface area (Å²) in [4.78, 5) is 11.8. The number of nitrogens with zero attached hydrogens (tertiary/aromatic N) is 4. The molecule has 1 N–H and O–H groups in total. The summed E-state index contributed by atoms with van der Waals surface area (Å²) in [5, 5.41) is 13.0. The predicted molar refractivity (Wildman–Crippen MR) is 142 cm³/mol. The first-order valence-corrected chi connectivity index (χ1v) is 12.5. The van der Waals surface area contributed by atoms with E-state index in [1.807, 2.05) is 24.3 Å². The molecular weight excluding hydrogens is 465 g/mol. The molecule has 1 fully saturated rings. The van der Waals surface area contributed by atoms with Gasteiger partial charge in [-0.05, 0) is 79.4 Å². The minimum atomic E-state index is -0.264. The van der Waals surface area contributed by atoms with Crippen molar-refractivity contribution in [1.29, 1.82) is 5.26 Å². The number of aromatic nitrogens is 1. The third-order valence-corrected chi connectivity index (χ3v) is 7.02. The second kappa shape index (κ2) is 10.00. The minimum absolute atomic E-state index is 0.0605. The predicted octanol–water partition coefficient (Wildman–Crippen LogP) is 5.92. The minimum Gasteiger partial charge on any atom is -0.381 e. The smallest absolute Gasteiger partial charge is 0.148 e. The molecule has 1 saturated heterocycles. The number of fused-ring (bicyclic) bond motifs is 2. The summed E-state index contributed by atoms with van der Waals surface area (Å²) in [6.45, 7) is 1.39. The SMILES string of the molecule is N#Cc1cccnc1NC1=CC2Cc3ccccc3N(c3ccc(F)cc3)C2=CC1=NC1CCOCC1. The van der Waals surface area contributed by atoms with Gasteiger partial charge in [-0.2, -0.15) is 5.26 Å². The van der Waals surface area contributed by atoms with Gasteiger partial charge in [0.1, 0.15) is 17.7 Å². The molecule has 1 aromatic heterocycles. The molecule has 37 heavy (non-hydrogen) atoms. The van der Waals surface area contributed by atoms with Gasteiger partial charge in [-0.3, -0.25) is 4.99 Å². The molecule has 0 amide bonds. The number of anilines is 3. The lowest BCUT2D eigenvalue weighted by atomic mass is 9.84. The molecule has 2 aromatic carbocycles. The number of nitrogens with one attached hydrogen (secondary N) is 1. The van der Waals surface area contributed by atoms with Crippen LogP contribution in [-0.2, 0) is 11.2 Å². The standard InChI is InChI=1S/C30H26FN5O/c31-23-7-9-25(10-8-23)36-28-6-2-1-4-20(28)16-22-17-26(35-30-21(19-32)5-3-13-33-30)27(18-29(22)36)34-24-11-14-37-15-12-24/h1-10,13,17-18,22,24H,11-12,14-16H2,(H,33,35). The Morgan fingerprint density at radius 1 is 1.05 bits per heavy atom. The van der Waals surface area contributed by atoms with Gasteiger partial charge in [0.25, 0.3) is 0 Å². The van der Waals surface area contributed by atoms with Crippen molar-refractivity contribution in [2.75, 3.05) is 23.4 Å². The number of halogens is 1. The van der Waals surface area contributed by atoms with Gasteiger partial charge in [0.05, 0.1) is 23.0 Å². The highest BCUT2D eigenvalue weighted by molar-refractivity contribution is 6.12. The van der Waals surface area contributed by atoms with Gasteiger partial charge < -0.3 is 15.0 Å². The van der Waals surface area contributed by atoms with Gasteiger partial charge in [-0.25, -0.2) is 9.37 Å². The molecule has 0 bridgehead atoms. The first kappa shape index (κ1) is 23.1. The van der Waals surface area contributed by atoms with Gasteiger partial charge in [0.15, 0.2) is 0 Å².